The molecule has 1 aromatic heterocycles. The number of nitrogens with zero attached hydrogens (tertiary/aromatic N) is 2. The summed E-state index contributed by atoms with van der Waals surface area (Å²) < 4.78 is 32.2. The Balaban J connectivity index is 2.17. The first-order chi connectivity index (χ1) is 11.1. The normalized spacial score (nSPS) is 20.1. The Morgan fingerprint density at radius 3 is 2.62 bits per heavy atom. The van der Waals surface area contributed by atoms with E-state index in [2.05, 4.69) is 10.5 Å². The van der Waals surface area contributed by atoms with Crippen molar-refractivity contribution in [3.63, 3.8) is 0 Å². The van der Waals surface area contributed by atoms with Crippen LogP contribution in [0.15, 0.2) is 9.42 Å². The number of amides is 1. The predicted octanol–water partition coefficient (Wildman–Crippen LogP) is 2.00. The molecule has 0 aliphatic carbocycles. The molecule has 1 fully saturated rings. The van der Waals surface area contributed by atoms with E-state index < -0.39 is 10.0 Å². The van der Waals surface area contributed by atoms with Gasteiger partial charge in [0.05, 0.1) is 5.92 Å². The Morgan fingerprint density at radius 1 is 1.42 bits per heavy atom. The Bertz CT molecular complexity index is 689. The fourth-order valence-electron chi connectivity index (χ4n) is 2.87. The molecule has 0 aromatic carbocycles. The average molecular weight is 357 g/mol. The van der Waals surface area contributed by atoms with Crippen molar-refractivity contribution in [1.82, 2.24) is 14.8 Å². The first kappa shape index (κ1) is 18.9. The van der Waals surface area contributed by atoms with Crippen LogP contribution in [0.25, 0.3) is 0 Å². The van der Waals surface area contributed by atoms with Gasteiger partial charge in [0.1, 0.15) is 10.6 Å². The number of aryl methyl sites for hydroxylation is 2. The van der Waals surface area contributed by atoms with E-state index in [1.54, 1.807) is 13.8 Å². The van der Waals surface area contributed by atoms with Gasteiger partial charge < -0.3 is 9.84 Å². The van der Waals surface area contributed by atoms with Gasteiger partial charge in [0.25, 0.3) is 0 Å². The minimum atomic E-state index is -3.70. The highest BCUT2D eigenvalue weighted by molar-refractivity contribution is 7.89. The number of hydrogen-bond donors (Lipinski definition) is 1. The van der Waals surface area contributed by atoms with Crippen molar-refractivity contribution in [2.45, 2.75) is 64.3 Å². The SMILES string of the molecule is CCC(C)(C)NC(=O)[C@H]1CCCN(S(=O)(=O)c2c(C)noc2C)C1. The molecule has 0 radical (unpaired) electrons. The third kappa shape index (κ3) is 3.80. The van der Waals surface area contributed by atoms with Crippen molar-refractivity contribution in [1.29, 1.82) is 0 Å². The summed E-state index contributed by atoms with van der Waals surface area (Å²) in [5, 5.41) is 6.74. The van der Waals surface area contributed by atoms with Crippen molar-refractivity contribution in [3.05, 3.63) is 11.5 Å². The lowest BCUT2D eigenvalue weighted by atomic mass is 9.95. The second-order valence-electron chi connectivity index (χ2n) is 7.08. The zero-order valence-electron chi connectivity index (χ0n) is 15.0. The summed E-state index contributed by atoms with van der Waals surface area (Å²) in [7, 11) is -3.70. The molecule has 1 amide bonds. The third-order valence-corrected chi connectivity index (χ3v) is 6.78. The molecule has 24 heavy (non-hydrogen) atoms. The van der Waals surface area contributed by atoms with Crippen LogP contribution in [0.2, 0.25) is 0 Å². The van der Waals surface area contributed by atoms with E-state index in [1.807, 2.05) is 20.8 Å². The molecule has 2 heterocycles. The molecule has 1 atom stereocenters. The van der Waals surface area contributed by atoms with Gasteiger partial charge in [0.2, 0.25) is 15.9 Å². The summed E-state index contributed by atoms with van der Waals surface area (Å²) in [6.45, 7) is 9.74. The van der Waals surface area contributed by atoms with E-state index >= 15 is 0 Å². The Kier molecular flexibility index (Phi) is 5.39. The molecule has 1 aromatic rings. The van der Waals surface area contributed by atoms with Gasteiger partial charge in [0, 0.05) is 18.6 Å². The van der Waals surface area contributed by atoms with Crippen molar-refractivity contribution in [3.8, 4) is 0 Å². The van der Waals surface area contributed by atoms with Crippen LogP contribution in [0.4, 0.5) is 0 Å². The van der Waals surface area contributed by atoms with Gasteiger partial charge in [-0.2, -0.15) is 4.31 Å². The van der Waals surface area contributed by atoms with Crippen molar-refractivity contribution in [2.24, 2.45) is 5.92 Å². The molecule has 2 rings (SSSR count). The average Bonchev–Trinajstić information content (AvgIpc) is 2.86. The fourth-order valence-corrected chi connectivity index (χ4v) is 4.69. The van der Waals surface area contributed by atoms with Gasteiger partial charge >= 0.3 is 0 Å². The van der Waals surface area contributed by atoms with Crippen molar-refractivity contribution in [2.75, 3.05) is 13.1 Å². The minimum Gasteiger partial charge on any atom is -0.360 e. The molecule has 1 aliphatic rings. The third-order valence-electron chi connectivity index (χ3n) is 4.67. The van der Waals surface area contributed by atoms with Gasteiger partial charge in [-0.1, -0.05) is 12.1 Å². The smallest absolute Gasteiger partial charge is 0.248 e. The van der Waals surface area contributed by atoms with E-state index in [4.69, 9.17) is 4.52 Å². The molecule has 7 nitrogen and oxygen atoms in total. The molecule has 0 bridgehead atoms. The summed E-state index contributed by atoms with van der Waals surface area (Å²) >= 11 is 0. The van der Waals surface area contributed by atoms with Crippen LogP contribution in [-0.4, -0.2) is 42.4 Å². The van der Waals surface area contributed by atoms with E-state index in [0.717, 1.165) is 6.42 Å². The molecule has 0 saturated carbocycles. The number of piperidine rings is 1. The zero-order chi connectivity index (χ0) is 18.1. The van der Waals surface area contributed by atoms with Gasteiger partial charge in [-0.25, -0.2) is 8.42 Å². The van der Waals surface area contributed by atoms with Crippen molar-refractivity contribution < 1.29 is 17.7 Å². The zero-order valence-corrected chi connectivity index (χ0v) is 15.9. The number of carbonyl (C=O) groups excluding carboxylic acids is 1. The predicted molar refractivity (Wildman–Crippen MR) is 90.0 cm³/mol. The number of aromatic nitrogens is 1. The summed E-state index contributed by atoms with van der Waals surface area (Å²) in [6.07, 6.45) is 2.17. The highest BCUT2D eigenvalue weighted by atomic mass is 32.2. The second-order valence-corrected chi connectivity index (χ2v) is 8.96. The molecule has 136 valence electrons. The fraction of sp³-hybridized carbons (Fsp3) is 0.750. The van der Waals surface area contributed by atoms with Crippen LogP contribution in [0.3, 0.4) is 0 Å². The monoisotopic (exact) mass is 357 g/mol. The second kappa shape index (κ2) is 6.84. The first-order valence-corrected chi connectivity index (χ1v) is 9.77. The maximum Gasteiger partial charge on any atom is 0.248 e. The van der Waals surface area contributed by atoms with Crippen LogP contribution < -0.4 is 5.32 Å². The van der Waals surface area contributed by atoms with Gasteiger partial charge in [-0.15, -0.1) is 0 Å². The van der Waals surface area contributed by atoms with Crippen LogP contribution in [-0.2, 0) is 14.8 Å². The lowest BCUT2D eigenvalue weighted by molar-refractivity contribution is -0.127. The van der Waals surface area contributed by atoms with E-state index in [9.17, 15) is 13.2 Å². The minimum absolute atomic E-state index is 0.0829. The van der Waals surface area contributed by atoms with Crippen LogP contribution in [0.1, 0.15) is 51.5 Å². The van der Waals surface area contributed by atoms with Crippen LogP contribution in [0, 0.1) is 19.8 Å². The van der Waals surface area contributed by atoms with Gasteiger partial charge in [0.15, 0.2) is 5.76 Å². The number of nitrogens with one attached hydrogen (secondary N) is 1. The summed E-state index contributed by atoms with van der Waals surface area (Å²) in [5.41, 5.74) is 0.0612. The lowest BCUT2D eigenvalue weighted by Gasteiger charge is -2.33. The number of carbonyl (C=O) groups is 1. The molecular weight excluding hydrogens is 330 g/mol. The maximum atomic E-state index is 12.9. The standard InChI is InChI=1S/C16H27N3O4S/c1-6-16(4,5)17-15(20)13-8-7-9-19(10-13)24(21,22)14-11(2)18-23-12(14)3/h13H,6-10H2,1-5H3,(H,17,20)/t13-/m0/s1. The van der Waals surface area contributed by atoms with Gasteiger partial charge in [-0.3, -0.25) is 4.79 Å². The molecule has 8 heteroatoms. The summed E-state index contributed by atoms with van der Waals surface area (Å²) in [5.74, 6) is -0.133. The Hall–Kier alpha value is -1.41. The summed E-state index contributed by atoms with van der Waals surface area (Å²) in [6, 6.07) is 0. The Labute approximate surface area is 143 Å². The number of rotatable bonds is 5. The number of sulfonamides is 1. The lowest BCUT2D eigenvalue weighted by Crippen LogP contribution is -2.50. The molecule has 0 unspecified atom stereocenters. The molecular formula is C16H27N3O4S. The van der Waals surface area contributed by atoms with Crippen molar-refractivity contribution >= 4 is 15.9 Å². The molecule has 1 saturated heterocycles. The first-order valence-electron chi connectivity index (χ1n) is 8.33. The highest BCUT2D eigenvalue weighted by Gasteiger charge is 2.37. The molecule has 0 spiro atoms. The van der Waals surface area contributed by atoms with E-state index in [0.29, 0.717) is 25.1 Å². The maximum absolute atomic E-state index is 12.9. The van der Waals surface area contributed by atoms with E-state index in [-0.39, 0.29) is 34.6 Å². The van der Waals surface area contributed by atoms with Crippen LogP contribution >= 0.6 is 0 Å². The summed E-state index contributed by atoms with van der Waals surface area (Å²) in [4.78, 5) is 12.6. The molecule has 1 N–H and O–H groups in total. The topological polar surface area (TPSA) is 92.5 Å². The van der Waals surface area contributed by atoms with Crippen LogP contribution in [0.5, 0.6) is 0 Å². The molecule has 1 aliphatic heterocycles. The quantitative estimate of drug-likeness (QED) is 0.870. The number of hydrogen-bond acceptors (Lipinski definition) is 5. The Morgan fingerprint density at radius 2 is 2.08 bits per heavy atom. The van der Waals surface area contributed by atoms with E-state index in [1.165, 1.54) is 4.31 Å². The highest BCUT2D eigenvalue weighted by Crippen LogP contribution is 2.28. The largest absolute Gasteiger partial charge is 0.360 e. The van der Waals surface area contributed by atoms with Gasteiger partial charge in [-0.05, 0) is 47.0 Å².